The van der Waals surface area contributed by atoms with E-state index in [0.29, 0.717) is 29.0 Å². The summed E-state index contributed by atoms with van der Waals surface area (Å²) in [6.07, 6.45) is 2.45. The number of ether oxygens (including phenoxy) is 2. The molecule has 0 aliphatic rings. The molecule has 0 fully saturated rings. The summed E-state index contributed by atoms with van der Waals surface area (Å²) >= 11 is 4.77. The average Bonchev–Trinajstić information content (AvgIpc) is 2.75. The molecule has 0 radical (unpaired) electrons. The summed E-state index contributed by atoms with van der Waals surface area (Å²) in [7, 11) is 3.15. The van der Waals surface area contributed by atoms with Crippen LogP contribution in [0.3, 0.4) is 0 Å². The number of hydrogen-bond acceptors (Lipinski definition) is 5. The molecular formula is C23H24BrNO4S. The number of benzene rings is 2. The molecule has 1 N–H and O–H groups in total. The van der Waals surface area contributed by atoms with Gasteiger partial charge in [-0.2, -0.15) is 0 Å². The molecule has 0 saturated carbocycles. The van der Waals surface area contributed by atoms with E-state index in [1.54, 1.807) is 18.2 Å². The standard InChI is InChI=1S/C23H24BrNO4S/c1-4-5-7-17-22(23-19(28-2)8-6-9-20(23)29-3)18(26)14-21(27)25(17)30-16-12-10-15(24)11-13-16/h6,8-14,26H,4-5,7H2,1-3H3. The van der Waals surface area contributed by atoms with Gasteiger partial charge >= 0.3 is 0 Å². The van der Waals surface area contributed by atoms with Crippen molar-refractivity contribution in [3.8, 4) is 28.4 Å². The smallest absolute Gasteiger partial charge is 0.264 e. The number of rotatable bonds is 8. The van der Waals surface area contributed by atoms with E-state index in [4.69, 9.17) is 9.47 Å². The first-order chi connectivity index (χ1) is 14.5. The molecule has 0 aliphatic heterocycles. The van der Waals surface area contributed by atoms with E-state index in [1.165, 1.54) is 18.0 Å². The molecule has 3 aromatic rings. The third kappa shape index (κ3) is 4.68. The summed E-state index contributed by atoms with van der Waals surface area (Å²) in [6.45, 7) is 2.09. The van der Waals surface area contributed by atoms with Crippen molar-refractivity contribution in [3.63, 3.8) is 0 Å². The van der Waals surface area contributed by atoms with E-state index in [1.807, 2.05) is 42.5 Å². The molecule has 0 aliphatic carbocycles. The fourth-order valence-corrected chi connectivity index (χ4v) is 4.44. The fourth-order valence-electron chi connectivity index (χ4n) is 3.27. The van der Waals surface area contributed by atoms with E-state index >= 15 is 0 Å². The Kier molecular flexibility index (Phi) is 7.50. The summed E-state index contributed by atoms with van der Waals surface area (Å²) in [5, 5.41) is 10.9. The van der Waals surface area contributed by atoms with Gasteiger partial charge in [-0.05, 0) is 61.2 Å². The Hall–Kier alpha value is -2.38. The first kappa shape index (κ1) is 22.3. The topological polar surface area (TPSA) is 60.7 Å². The van der Waals surface area contributed by atoms with Crippen molar-refractivity contribution >= 4 is 27.9 Å². The first-order valence-corrected chi connectivity index (χ1v) is 11.2. The van der Waals surface area contributed by atoms with E-state index in [0.717, 1.165) is 27.9 Å². The first-order valence-electron chi connectivity index (χ1n) is 9.63. The van der Waals surface area contributed by atoms with E-state index in [9.17, 15) is 9.90 Å². The van der Waals surface area contributed by atoms with Crippen LogP contribution < -0.4 is 15.0 Å². The van der Waals surface area contributed by atoms with Gasteiger partial charge < -0.3 is 14.6 Å². The number of unbranched alkanes of at least 4 members (excludes halogenated alkanes) is 1. The summed E-state index contributed by atoms with van der Waals surface area (Å²) < 4.78 is 13.8. The quantitative estimate of drug-likeness (QED) is 0.426. The Morgan fingerprint density at radius 3 is 2.23 bits per heavy atom. The minimum atomic E-state index is -0.274. The molecule has 5 nitrogen and oxygen atoms in total. The molecule has 30 heavy (non-hydrogen) atoms. The summed E-state index contributed by atoms with van der Waals surface area (Å²) in [5.41, 5.74) is 1.65. The number of methoxy groups -OCH3 is 2. The zero-order chi connectivity index (χ0) is 21.7. The van der Waals surface area contributed by atoms with Crippen LogP contribution in [0.25, 0.3) is 11.1 Å². The van der Waals surface area contributed by atoms with Gasteiger partial charge in [-0.3, -0.25) is 4.79 Å². The van der Waals surface area contributed by atoms with Gasteiger partial charge in [-0.15, -0.1) is 0 Å². The largest absolute Gasteiger partial charge is 0.507 e. The molecule has 0 atom stereocenters. The van der Waals surface area contributed by atoms with E-state index < -0.39 is 0 Å². The van der Waals surface area contributed by atoms with Crippen molar-refractivity contribution in [3.05, 3.63) is 69.1 Å². The van der Waals surface area contributed by atoms with E-state index in [2.05, 4.69) is 22.9 Å². The molecule has 0 saturated heterocycles. The lowest BCUT2D eigenvalue weighted by Crippen LogP contribution is -2.19. The minimum absolute atomic E-state index is 0.0819. The maximum absolute atomic E-state index is 12.9. The number of hydrogen-bond donors (Lipinski definition) is 1. The molecule has 3 rings (SSSR count). The Bertz CT molecular complexity index is 1060. The minimum Gasteiger partial charge on any atom is -0.507 e. The van der Waals surface area contributed by atoms with Crippen molar-refractivity contribution in [1.82, 2.24) is 3.97 Å². The Morgan fingerprint density at radius 2 is 1.67 bits per heavy atom. The van der Waals surface area contributed by atoms with Crippen LogP contribution in [0.1, 0.15) is 25.5 Å². The van der Waals surface area contributed by atoms with Crippen LogP contribution in [0.2, 0.25) is 0 Å². The molecular weight excluding hydrogens is 466 g/mol. The number of nitrogens with zero attached hydrogens (tertiary/aromatic N) is 1. The molecule has 0 spiro atoms. The lowest BCUT2D eigenvalue weighted by Gasteiger charge is -2.21. The predicted molar refractivity (Wildman–Crippen MR) is 125 cm³/mol. The zero-order valence-electron chi connectivity index (χ0n) is 17.1. The summed E-state index contributed by atoms with van der Waals surface area (Å²) in [5.74, 6) is 1.06. The van der Waals surface area contributed by atoms with Gasteiger partial charge in [0, 0.05) is 21.1 Å². The normalized spacial score (nSPS) is 10.8. The van der Waals surface area contributed by atoms with Gasteiger partial charge in [0.15, 0.2) is 0 Å². The van der Waals surface area contributed by atoms with Crippen molar-refractivity contribution in [1.29, 1.82) is 0 Å². The Labute approximate surface area is 188 Å². The van der Waals surface area contributed by atoms with Crippen LogP contribution in [-0.2, 0) is 6.42 Å². The highest BCUT2D eigenvalue weighted by molar-refractivity contribution is 9.10. The van der Waals surface area contributed by atoms with Gasteiger partial charge in [0.2, 0.25) is 0 Å². The monoisotopic (exact) mass is 489 g/mol. The molecule has 2 aromatic carbocycles. The van der Waals surface area contributed by atoms with Crippen LogP contribution >= 0.6 is 27.9 Å². The SMILES string of the molecule is CCCCc1c(-c2c(OC)cccc2OC)c(O)cc(=O)n1Sc1ccc(Br)cc1. The Balaban J connectivity index is 2.28. The zero-order valence-corrected chi connectivity index (χ0v) is 19.5. The third-order valence-electron chi connectivity index (χ3n) is 4.71. The van der Waals surface area contributed by atoms with Gasteiger partial charge in [0.05, 0.1) is 25.3 Å². The predicted octanol–water partition coefficient (Wildman–Crippen LogP) is 5.90. The molecule has 0 bridgehead atoms. The van der Waals surface area contributed by atoms with Crippen LogP contribution in [0, 0.1) is 0 Å². The highest BCUT2D eigenvalue weighted by Crippen LogP contribution is 2.44. The van der Waals surface area contributed by atoms with Crippen molar-refractivity contribution in [2.24, 2.45) is 0 Å². The Morgan fingerprint density at radius 1 is 1.03 bits per heavy atom. The third-order valence-corrected chi connectivity index (χ3v) is 6.30. The molecule has 0 unspecified atom stereocenters. The van der Waals surface area contributed by atoms with Crippen LogP contribution in [0.15, 0.2) is 62.7 Å². The van der Waals surface area contributed by atoms with Gasteiger partial charge in [-0.1, -0.05) is 35.3 Å². The molecule has 7 heteroatoms. The summed E-state index contributed by atoms with van der Waals surface area (Å²) in [4.78, 5) is 13.8. The fraction of sp³-hybridized carbons (Fsp3) is 0.261. The van der Waals surface area contributed by atoms with Crippen molar-refractivity contribution in [2.45, 2.75) is 31.1 Å². The van der Waals surface area contributed by atoms with Crippen molar-refractivity contribution in [2.75, 3.05) is 14.2 Å². The average molecular weight is 490 g/mol. The van der Waals surface area contributed by atoms with Crippen LogP contribution in [0.5, 0.6) is 17.2 Å². The molecule has 1 aromatic heterocycles. The molecule has 1 heterocycles. The second-order valence-electron chi connectivity index (χ2n) is 6.67. The maximum atomic E-state index is 12.9. The van der Waals surface area contributed by atoms with Gasteiger partial charge in [0.25, 0.3) is 5.56 Å². The van der Waals surface area contributed by atoms with Gasteiger partial charge in [-0.25, -0.2) is 3.97 Å². The highest BCUT2D eigenvalue weighted by Gasteiger charge is 2.23. The molecule has 0 amide bonds. The number of aromatic nitrogens is 1. The highest BCUT2D eigenvalue weighted by atomic mass is 79.9. The second-order valence-corrected chi connectivity index (χ2v) is 8.60. The van der Waals surface area contributed by atoms with Crippen molar-refractivity contribution < 1.29 is 14.6 Å². The second kappa shape index (κ2) is 10.1. The van der Waals surface area contributed by atoms with E-state index in [-0.39, 0.29) is 11.3 Å². The van der Waals surface area contributed by atoms with Crippen LogP contribution in [0.4, 0.5) is 0 Å². The molecule has 158 valence electrons. The lowest BCUT2D eigenvalue weighted by atomic mass is 9.98. The van der Waals surface area contributed by atoms with Crippen LogP contribution in [-0.4, -0.2) is 23.3 Å². The number of halogens is 1. The number of pyridine rings is 1. The number of aromatic hydroxyl groups is 1. The van der Waals surface area contributed by atoms with Gasteiger partial charge in [0.1, 0.15) is 17.2 Å². The maximum Gasteiger partial charge on any atom is 0.264 e. The lowest BCUT2D eigenvalue weighted by molar-refractivity contribution is 0.396. The summed E-state index contributed by atoms with van der Waals surface area (Å²) in [6, 6.07) is 14.5.